The highest BCUT2D eigenvalue weighted by Gasteiger charge is 2.35. The van der Waals surface area contributed by atoms with Crippen molar-refractivity contribution in [2.45, 2.75) is 45.1 Å². The zero-order chi connectivity index (χ0) is 13.6. The van der Waals surface area contributed by atoms with Gasteiger partial charge in [-0.25, -0.2) is 0 Å². The summed E-state index contributed by atoms with van der Waals surface area (Å²) in [5.41, 5.74) is 4.94. The molecule has 1 unspecified atom stereocenters. The lowest BCUT2D eigenvalue weighted by atomic mass is 9.89. The lowest BCUT2D eigenvalue weighted by Gasteiger charge is -2.33. The number of oxime groups is 1. The number of nitrogens with zero attached hydrogens (tertiary/aromatic N) is 1. The average Bonchev–Trinajstić information content (AvgIpc) is 2.44. The van der Waals surface area contributed by atoms with Crippen LogP contribution in [0.3, 0.4) is 0 Å². The summed E-state index contributed by atoms with van der Waals surface area (Å²) in [6, 6.07) is 0. The van der Waals surface area contributed by atoms with Crippen LogP contribution in [-0.4, -0.2) is 35.7 Å². The third-order valence-electron chi connectivity index (χ3n) is 3.70. The molecule has 1 aliphatic heterocycles. The van der Waals surface area contributed by atoms with Gasteiger partial charge in [-0.05, 0) is 25.7 Å². The van der Waals surface area contributed by atoms with Crippen LogP contribution in [0, 0.1) is 5.92 Å². The number of nitrogens with two attached hydrogens (primary N) is 1. The van der Waals surface area contributed by atoms with E-state index in [2.05, 4.69) is 10.5 Å². The summed E-state index contributed by atoms with van der Waals surface area (Å²) in [7, 11) is 0. The van der Waals surface area contributed by atoms with Crippen LogP contribution in [0.4, 0.5) is 0 Å². The van der Waals surface area contributed by atoms with E-state index in [1.807, 2.05) is 13.8 Å². The molecule has 18 heavy (non-hydrogen) atoms. The fourth-order valence-electron chi connectivity index (χ4n) is 2.23. The second-order valence-electron chi connectivity index (χ2n) is 4.68. The van der Waals surface area contributed by atoms with Crippen molar-refractivity contribution >= 4 is 11.7 Å². The molecule has 1 heterocycles. The Morgan fingerprint density at radius 2 is 2.22 bits per heavy atom. The van der Waals surface area contributed by atoms with Gasteiger partial charge < -0.3 is 21.0 Å². The van der Waals surface area contributed by atoms with Gasteiger partial charge in [-0.2, -0.15) is 0 Å². The predicted octanol–water partition coefficient (Wildman–Crippen LogP) is 0.834. The average molecular weight is 257 g/mol. The van der Waals surface area contributed by atoms with Crippen molar-refractivity contribution in [2.24, 2.45) is 16.8 Å². The van der Waals surface area contributed by atoms with Gasteiger partial charge in [0.25, 0.3) is 0 Å². The summed E-state index contributed by atoms with van der Waals surface area (Å²) in [4.78, 5) is 12.2. The third kappa shape index (κ3) is 3.13. The third-order valence-corrected chi connectivity index (χ3v) is 3.70. The molecule has 0 aliphatic carbocycles. The van der Waals surface area contributed by atoms with Crippen LogP contribution >= 0.6 is 0 Å². The van der Waals surface area contributed by atoms with Crippen LogP contribution in [0.25, 0.3) is 0 Å². The maximum absolute atomic E-state index is 12.2. The van der Waals surface area contributed by atoms with E-state index in [1.165, 1.54) is 0 Å². The highest BCUT2D eigenvalue weighted by Crippen LogP contribution is 2.19. The number of amides is 1. The Morgan fingerprint density at radius 3 is 2.67 bits per heavy atom. The van der Waals surface area contributed by atoms with Gasteiger partial charge in [0.15, 0.2) is 5.84 Å². The molecule has 1 saturated heterocycles. The van der Waals surface area contributed by atoms with E-state index in [9.17, 15) is 4.79 Å². The van der Waals surface area contributed by atoms with E-state index in [4.69, 9.17) is 15.7 Å². The van der Waals surface area contributed by atoms with Gasteiger partial charge in [-0.15, -0.1) is 0 Å². The molecule has 0 bridgehead atoms. The molecule has 4 N–H and O–H groups in total. The number of carbonyl (C=O) groups excluding carboxylic acids is 1. The molecule has 0 aromatic carbocycles. The molecule has 1 amide bonds. The van der Waals surface area contributed by atoms with Crippen molar-refractivity contribution < 1.29 is 14.7 Å². The molecule has 1 atom stereocenters. The topological polar surface area (TPSA) is 96.9 Å². The standard InChI is InChI=1S/C12H23N3O3/c1-3-12(4-2,11(13)15-17)14-10(16)9-6-5-7-18-8-9/h9,17H,3-8H2,1-2H3,(H2,13,15)(H,14,16). The van der Waals surface area contributed by atoms with Gasteiger partial charge in [0.1, 0.15) is 5.54 Å². The summed E-state index contributed by atoms with van der Waals surface area (Å²) in [6.45, 7) is 4.97. The summed E-state index contributed by atoms with van der Waals surface area (Å²) in [5.74, 6) is -0.162. The molecule has 1 fully saturated rings. The number of hydrogen-bond donors (Lipinski definition) is 3. The Morgan fingerprint density at radius 1 is 1.56 bits per heavy atom. The largest absolute Gasteiger partial charge is 0.409 e. The highest BCUT2D eigenvalue weighted by atomic mass is 16.5. The molecule has 104 valence electrons. The van der Waals surface area contributed by atoms with Gasteiger partial charge >= 0.3 is 0 Å². The van der Waals surface area contributed by atoms with Gasteiger partial charge in [0.2, 0.25) is 5.91 Å². The van der Waals surface area contributed by atoms with Gasteiger partial charge in [-0.1, -0.05) is 19.0 Å². The lowest BCUT2D eigenvalue weighted by molar-refractivity contribution is -0.130. The zero-order valence-electron chi connectivity index (χ0n) is 11.1. The molecule has 6 nitrogen and oxygen atoms in total. The smallest absolute Gasteiger partial charge is 0.226 e. The number of amidine groups is 1. The molecule has 1 aliphatic rings. The van der Waals surface area contributed by atoms with Crippen LogP contribution in [0.15, 0.2) is 5.16 Å². The van der Waals surface area contributed by atoms with Crippen LogP contribution in [0.1, 0.15) is 39.5 Å². The van der Waals surface area contributed by atoms with E-state index >= 15 is 0 Å². The van der Waals surface area contributed by atoms with E-state index in [0.717, 1.165) is 19.4 Å². The van der Waals surface area contributed by atoms with Crippen molar-refractivity contribution in [3.8, 4) is 0 Å². The minimum Gasteiger partial charge on any atom is -0.409 e. The Hall–Kier alpha value is -1.30. The van der Waals surface area contributed by atoms with Crippen molar-refractivity contribution in [3.05, 3.63) is 0 Å². The number of nitrogens with one attached hydrogen (secondary N) is 1. The number of carbonyl (C=O) groups is 1. The Balaban J connectivity index is 2.74. The first kappa shape index (κ1) is 14.8. The van der Waals surface area contributed by atoms with Gasteiger partial charge in [-0.3, -0.25) is 4.79 Å². The van der Waals surface area contributed by atoms with Crippen LogP contribution < -0.4 is 11.1 Å². The number of hydrogen-bond acceptors (Lipinski definition) is 4. The van der Waals surface area contributed by atoms with Gasteiger partial charge in [0.05, 0.1) is 12.5 Å². The van der Waals surface area contributed by atoms with Gasteiger partial charge in [0, 0.05) is 6.61 Å². The summed E-state index contributed by atoms with van der Waals surface area (Å²) < 4.78 is 5.30. The molecular formula is C12H23N3O3. The Kier molecular flexibility index (Phi) is 5.40. The molecule has 0 aromatic rings. The van der Waals surface area contributed by atoms with E-state index in [-0.39, 0.29) is 17.7 Å². The molecule has 0 spiro atoms. The second kappa shape index (κ2) is 6.58. The number of ether oxygens (including phenoxy) is 1. The van der Waals surface area contributed by atoms with E-state index in [0.29, 0.717) is 19.4 Å². The second-order valence-corrected chi connectivity index (χ2v) is 4.68. The highest BCUT2D eigenvalue weighted by molar-refractivity contribution is 5.94. The maximum atomic E-state index is 12.2. The quantitative estimate of drug-likeness (QED) is 0.294. The monoisotopic (exact) mass is 257 g/mol. The van der Waals surface area contributed by atoms with Crippen molar-refractivity contribution in [2.75, 3.05) is 13.2 Å². The summed E-state index contributed by atoms with van der Waals surface area (Å²) in [6.07, 6.45) is 2.88. The first-order valence-electron chi connectivity index (χ1n) is 6.47. The molecule has 0 radical (unpaired) electrons. The molecule has 0 aromatic heterocycles. The maximum Gasteiger partial charge on any atom is 0.226 e. The Labute approximate surface area is 108 Å². The molecule has 6 heteroatoms. The minimum absolute atomic E-state index is 0.0533. The van der Waals surface area contributed by atoms with Crippen molar-refractivity contribution in [1.82, 2.24) is 5.32 Å². The fraction of sp³-hybridized carbons (Fsp3) is 0.833. The van der Waals surface area contributed by atoms with E-state index < -0.39 is 5.54 Å². The lowest BCUT2D eigenvalue weighted by Crippen LogP contribution is -2.58. The molecule has 1 rings (SSSR count). The van der Waals surface area contributed by atoms with Crippen molar-refractivity contribution in [3.63, 3.8) is 0 Å². The van der Waals surface area contributed by atoms with Crippen molar-refractivity contribution in [1.29, 1.82) is 0 Å². The summed E-state index contributed by atoms with van der Waals surface area (Å²) in [5, 5.41) is 14.8. The predicted molar refractivity (Wildman–Crippen MR) is 68.4 cm³/mol. The number of rotatable bonds is 5. The SMILES string of the molecule is CCC(CC)(NC(=O)C1CCCOC1)C(N)=NO. The van der Waals surface area contributed by atoms with E-state index in [1.54, 1.807) is 0 Å². The fourth-order valence-corrected chi connectivity index (χ4v) is 2.23. The minimum atomic E-state index is -0.761. The Bertz CT molecular complexity index is 308. The molecule has 0 saturated carbocycles. The van der Waals surface area contributed by atoms with Crippen LogP contribution in [0.2, 0.25) is 0 Å². The first-order valence-corrected chi connectivity index (χ1v) is 6.47. The zero-order valence-corrected chi connectivity index (χ0v) is 11.1. The normalized spacial score (nSPS) is 21.7. The van der Waals surface area contributed by atoms with Crippen LogP contribution in [0.5, 0.6) is 0 Å². The molecular weight excluding hydrogens is 234 g/mol. The summed E-state index contributed by atoms with van der Waals surface area (Å²) >= 11 is 0. The van der Waals surface area contributed by atoms with Crippen LogP contribution in [-0.2, 0) is 9.53 Å². The first-order chi connectivity index (χ1) is 8.59.